The summed E-state index contributed by atoms with van der Waals surface area (Å²) in [5.74, 6) is 0. The zero-order valence-corrected chi connectivity index (χ0v) is 17.7. The van der Waals surface area contributed by atoms with Gasteiger partial charge in [0.15, 0.2) is 0 Å². The monoisotopic (exact) mass is 368 g/mol. The molecular weight excluding hydrogens is 324 g/mol. The Labute approximate surface area is 162 Å². The predicted octanol–water partition coefficient (Wildman–Crippen LogP) is 6.50. The van der Waals surface area contributed by atoms with E-state index in [2.05, 4.69) is 31.6 Å². The normalized spacial score (nSPS) is 15.8. The van der Waals surface area contributed by atoms with E-state index in [-0.39, 0.29) is 6.09 Å². The van der Waals surface area contributed by atoms with Crippen LogP contribution in [-0.4, -0.2) is 18.7 Å². The molecule has 0 aromatic carbocycles. The number of amides is 1. The second-order valence-corrected chi connectivity index (χ2v) is 9.23. The molecule has 0 saturated heterocycles. The van der Waals surface area contributed by atoms with Crippen molar-refractivity contribution < 1.29 is 9.53 Å². The molecule has 1 amide bonds. The number of rotatable bonds is 13. The molecule has 1 aliphatic carbocycles. The summed E-state index contributed by atoms with van der Waals surface area (Å²) in [6.07, 6.45) is 18.7. The maximum absolute atomic E-state index is 11.6. The van der Waals surface area contributed by atoms with Crippen molar-refractivity contribution in [3.8, 4) is 0 Å². The zero-order valence-electron chi connectivity index (χ0n) is 17.7. The maximum Gasteiger partial charge on any atom is 0.421 e. The van der Waals surface area contributed by atoms with Gasteiger partial charge in [0.05, 0.1) is 6.61 Å². The maximum atomic E-state index is 11.6. The van der Waals surface area contributed by atoms with Crippen molar-refractivity contribution in [1.82, 2.24) is 10.9 Å². The Kier molecular flexibility index (Phi) is 12.8. The first-order valence-corrected chi connectivity index (χ1v) is 11.2. The number of hydrogen-bond acceptors (Lipinski definition) is 3. The quantitative estimate of drug-likeness (QED) is 0.288. The van der Waals surface area contributed by atoms with E-state index in [4.69, 9.17) is 4.74 Å². The average Bonchev–Trinajstić information content (AvgIpc) is 2.61. The Morgan fingerprint density at radius 3 is 1.96 bits per heavy atom. The van der Waals surface area contributed by atoms with E-state index in [0.29, 0.717) is 18.1 Å². The first-order chi connectivity index (χ1) is 12.5. The van der Waals surface area contributed by atoms with Gasteiger partial charge in [0.25, 0.3) is 0 Å². The number of unbranched alkanes of at least 4 members (excludes halogenated alkanes) is 8. The largest absolute Gasteiger partial charge is 0.449 e. The third-order valence-electron chi connectivity index (χ3n) is 5.29. The van der Waals surface area contributed by atoms with E-state index in [1.54, 1.807) is 0 Å². The van der Waals surface area contributed by atoms with Gasteiger partial charge in [0, 0.05) is 6.04 Å². The van der Waals surface area contributed by atoms with E-state index in [9.17, 15) is 4.79 Å². The summed E-state index contributed by atoms with van der Waals surface area (Å²) in [5.41, 5.74) is 6.27. The highest BCUT2D eigenvalue weighted by molar-refractivity contribution is 5.66. The predicted molar refractivity (Wildman–Crippen MR) is 110 cm³/mol. The minimum absolute atomic E-state index is 0.328. The van der Waals surface area contributed by atoms with Crippen LogP contribution >= 0.6 is 0 Å². The van der Waals surface area contributed by atoms with Gasteiger partial charge in [0.2, 0.25) is 0 Å². The van der Waals surface area contributed by atoms with Crippen molar-refractivity contribution in [3.05, 3.63) is 0 Å². The lowest BCUT2D eigenvalue weighted by atomic mass is 9.89. The van der Waals surface area contributed by atoms with Gasteiger partial charge >= 0.3 is 6.09 Å². The highest BCUT2D eigenvalue weighted by Gasteiger charge is 2.13. The Balaban J connectivity index is 1.78. The van der Waals surface area contributed by atoms with Gasteiger partial charge in [-0.3, -0.25) is 5.43 Å². The van der Waals surface area contributed by atoms with Crippen molar-refractivity contribution in [1.29, 1.82) is 0 Å². The SMILES string of the molecule is CC(C)(C)CCCCCCCCCCCOC(=O)NNC1CCCCC1. The summed E-state index contributed by atoms with van der Waals surface area (Å²) in [4.78, 5) is 11.6. The molecule has 1 aliphatic rings. The Hall–Kier alpha value is -0.770. The molecule has 0 aromatic rings. The molecule has 26 heavy (non-hydrogen) atoms. The molecule has 1 saturated carbocycles. The zero-order chi connectivity index (χ0) is 19.1. The second-order valence-electron chi connectivity index (χ2n) is 9.23. The number of carbonyl (C=O) groups is 1. The van der Waals surface area contributed by atoms with Gasteiger partial charge in [0.1, 0.15) is 0 Å². The van der Waals surface area contributed by atoms with E-state index in [1.165, 1.54) is 70.6 Å². The third-order valence-corrected chi connectivity index (χ3v) is 5.29. The van der Waals surface area contributed by atoms with Gasteiger partial charge in [-0.1, -0.05) is 91.4 Å². The van der Waals surface area contributed by atoms with Crippen LogP contribution in [0.2, 0.25) is 0 Å². The molecule has 0 aromatic heterocycles. The van der Waals surface area contributed by atoms with Crippen molar-refractivity contribution >= 4 is 6.09 Å². The molecule has 0 unspecified atom stereocenters. The summed E-state index contributed by atoms with van der Waals surface area (Å²) in [7, 11) is 0. The lowest BCUT2D eigenvalue weighted by Crippen LogP contribution is -2.45. The van der Waals surface area contributed by atoms with Crippen molar-refractivity contribution in [3.63, 3.8) is 0 Å². The number of hydrazine groups is 1. The Bertz CT molecular complexity index is 347. The molecule has 0 spiro atoms. The van der Waals surface area contributed by atoms with Crippen LogP contribution in [0, 0.1) is 5.41 Å². The molecule has 0 radical (unpaired) electrons. The van der Waals surface area contributed by atoms with Crippen LogP contribution in [0.5, 0.6) is 0 Å². The molecule has 0 aliphatic heterocycles. The van der Waals surface area contributed by atoms with Crippen molar-refractivity contribution in [2.24, 2.45) is 5.41 Å². The minimum atomic E-state index is -0.328. The molecule has 0 atom stereocenters. The highest BCUT2D eigenvalue weighted by Crippen LogP contribution is 2.22. The van der Waals surface area contributed by atoms with E-state index in [0.717, 1.165) is 25.7 Å². The summed E-state index contributed by atoms with van der Waals surface area (Å²) in [5, 5.41) is 0. The molecule has 4 heteroatoms. The van der Waals surface area contributed by atoms with E-state index in [1.807, 2.05) is 0 Å². The standard InChI is InChI=1S/C22H44N2O2/c1-22(2,3)18-14-9-7-5-4-6-8-10-15-19-26-21(25)24-23-20-16-12-11-13-17-20/h20,23H,4-19H2,1-3H3,(H,24,25). The number of carbonyl (C=O) groups excluding carboxylic acids is 1. The van der Waals surface area contributed by atoms with Crippen LogP contribution in [-0.2, 0) is 4.74 Å². The fourth-order valence-electron chi connectivity index (χ4n) is 3.60. The molecule has 1 rings (SSSR count). The van der Waals surface area contributed by atoms with Gasteiger partial charge in [-0.25, -0.2) is 10.2 Å². The van der Waals surface area contributed by atoms with Crippen LogP contribution in [0.4, 0.5) is 4.79 Å². The van der Waals surface area contributed by atoms with Crippen LogP contribution in [0.25, 0.3) is 0 Å². The molecule has 154 valence electrons. The van der Waals surface area contributed by atoms with Gasteiger partial charge in [-0.15, -0.1) is 0 Å². The molecule has 0 heterocycles. The topological polar surface area (TPSA) is 50.4 Å². The summed E-state index contributed by atoms with van der Waals surface area (Å²) >= 11 is 0. The van der Waals surface area contributed by atoms with E-state index < -0.39 is 0 Å². The van der Waals surface area contributed by atoms with Crippen LogP contribution in [0.15, 0.2) is 0 Å². The second kappa shape index (κ2) is 14.3. The van der Waals surface area contributed by atoms with Crippen LogP contribution in [0.3, 0.4) is 0 Å². The highest BCUT2D eigenvalue weighted by atomic mass is 16.6. The number of nitrogens with one attached hydrogen (secondary N) is 2. The minimum Gasteiger partial charge on any atom is -0.449 e. The third kappa shape index (κ3) is 14.4. The van der Waals surface area contributed by atoms with Crippen molar-refractivity contribution in [2.45, 2.75) is 123 Å². The average molecular weight is 369 g/mol. The summed E-state index contributed by atoms with van der Waals surface area (Å²) in [6, 6.07) is 0.421. The molecule has 1 fully saturated rings. The lowest BCUT2D eigenvalue weighted by Gasteiger charge is -2.22. The number of ether oxygens (including phenoxy) is 1. The fraction of sp³-hybridized carbons (Fsp3) is 0.955. The molecular formula is C22H44N2O2. The first-order valence-electron chi connectivity index (χ1n) is 11.2. The Morgan fingerprint density at radius 1 is 0.846 bits per heavy atom. The van der Waals surface area contributed by atoms with Gasteiger partial charge in [-0.05, 0) is 31.1 Å². The smallest absolute Gasteiger partial charge is 0.421 e. The lowest BCUT2D eigenvalue weighted by molar-refractivity contribution is 0.135. The summed E-state index contributed by atoms with van der Waals surface area (Å²) in [6.45, 7) is 7.51. The fourth-order valence-corrected chi connectivity index (χ4v) is 3.60. The van der Waals surface area contributed by atoms with Gasteiger partial charge in [-0.2, -0.15) is 0 Å². The molecule has 2 N–H and O–H groups in total. The molecule has 0 bridgehead atoms. The van der Waals surface area contributed by atoms with Crippen LogP contribution < -0.4 is 10.9 Å². The van der Waals surface area contributed by atoms with Crippen LogP contribution in [0.1, 0.15) is 117 Å². The number of hydrogen-bond donors (Lipinski definition) is 2. The van der Waals surface area contributed by atoms with Gasteiger partial charge < -0.3 is 4.74 Å². The van der Waals surface area contributed by atoms with Crippen molar-refractivity contribution in [2.75, 3.05) is 6.61 Å². The molecule has 4 nitrogen and oxygen atoms in total. The van der Waals surface area contributed by atoms with E-state index >= 15 is 0 Å². The summed E-state index contributed by atoms with van der Waals surface area (Å²) < 4.78 is 5.22. The first kappa shape index (κ1) is 23.3. The Morgan fingerprint density at radius 2 is 1.38 bits per heavy atom.